The predicted octanol–water partition coefficient (Wildman–Crippen LogP) is 0.577. The standard InChI is InChI=1S/C23H21N5O5S/c24-8-11-34(32,33)23(6-7-23)15-27-9-10-28-19(22(27)31)5-4-18(21(28)30)20(29)26-14-17-3-1-2-16(12-17)13-25/h1-5,12H,6-7,9-11,14-15H2,(H,26,29). The average Bonchev–Trinajstić information content (AvgIpc) is 3.61. The van der Waals surface area contributed by atoms with Gasteiger partial charge in [0.25, 0.3) is 17.4 Å². The Hall–Kier alpha value is -3.96. The minimum atomic E-state index is -3.65. The first-order valence-corrected chi connectivity index (χ1v) is 12.3. The van der Waals surface area contributed by atoms with Gasteiger partial charge in [-0.1, -0.05) is 12.1 Å². The van der Waals surface area contributed by atoms with E-state index in [1.165, 1.54) is 21.6 Å². The highest BCUT2D eigenvalue weighted by Crippen LogP contribution is 2.45. The van der Waals surface area contributed by atoms with Gasteiger partial charge in [-0.3, -0.25) is 14.4 Å². The van der Waals surface area contributed by atoms with Crippen molar-refractivity contribution in [2.75, 3.05) is 18.8 Å². The Morgan fingerprint density at radius 2 is 1.88 bits per heavy atom. The van der Waals surface area contributed by atoms with Crippen LogP contribution in [0.15, 0.2) is 41.2 Å². The lowest BCUT2D eigenvalue weighted by atomic mass is 10.1. The number of carbonyl (C=O) groups is 2. The van der Waals surface area contributed by atoms with Gasteiger partial charge in [0.2, 0.25) is 0 Å². The molecule has 2 aliphatic rings. The van der Waals surface area contributed by atoms with Gasteiger partial charge in [-0.25, -0.2) is 8.42 Å². The fourth-order valence-corrected chi connectivity index (χ4v) is 5.67. The quantitative estimate of drug-likeness (QED) is 0.609. The Labute approximate surface area is 195 Å². The molecule has 2 aromatic rings. The third-order valence-corrected chi connectivity index (χ3v) is 8.59. The number of sulfone groups is 1. The number of amides is 2. The summed E-state index contributed by atoms with van der Waals surface area (Å²) in [6.07, 6.45) is 0.786. The van der Waals surface area contributed by atoms with Gasteiger partial charge >= 0.3 is 0 Å². The first kappa shape index (κ1) is 23.2. The predicted molar refractivity (Wildman–Crippen MR) is 120 cm³/mol. The van der Waals surface area contributed by atoms with Gasteiger partial charge in [-0.2, -0.15) is 10.5 Å². The van der Waals surface area contributed by atoms with Crippen LogP contribution in [0.5, 0.6) is 0 Å². The number of pyridine rings is 1. The molecule has 0 bridgehead atoms. The maximum atomic E-state index is 13.0. The summed E-state index contributed by atoms with van der Waals surface area (Å²) in [4.78, 5) is 39.9. The molecule has 2 heterocycles. The Bertz CT molecular complexity index is 1430. The molecule has 0 unspecified atom stereocenters. The summed E-state index contributed by atoms with van der Waals surface area (Å²) in [5.41, 5.74) is 0.528. The molecule has 34 heavy (non-hydrogen) atoms. The van der Waals surface area contributed by atoms with E-state index in [0.717, 1.165) is 0 Å². The average molecular weight is 480 g/mol. The van der Waals surface area contributed by atoms with Crippen molar-refractivity contribution in [3.05, 3.63) is 69.1 Å². The van der Waals surface area contributed by atoms with Crippen LogP contribution in [0.1, 0.15) is 44.8 Å². The zero-order chi connectivity index (χ0) is 24.5. The lowest BCUT2D eigenvalue weighted by Crippen LogP contribution is -2.50. The topological polar surface area (TPSA) is 153 Å². The highest BCUT2D eigenvalue weighted by molar-refractivity contribution is 7.93. The minimum absolute atomic E-state index is 0.0198. The number of nitrogens with one attached hydrogen (secondary N) is 1. The molecule has 4 rings (SSSR count). The Morgan fingerprint density at radius 3 is 2.56 bits per heavy atom. The molecule has 1 aliphatic carbocycles. The number of carbonyl (C=O) groups excluding carboxylic acids is 2. The Morgan fingerprint density at radius 1 is 1.12 bits per heavy atom. The van der Waals surface area contributed by atoms with Crippen LogP contribution in [0.4, 0.5) is 0 Å². The molecule has 0 radical (unpaired) electrons. The largest absolute Gasteiger partial charge is 0.348 e. The van der Waals surface area contributed by atoms with Crippen molar-refractivity contribution in [3.63, 3.8) is 0 Å². The third-order valence-electron chi connectivity index (χ3n) is 6.23. The van der Waals surface area contributed by atoms with Crippen LogP contribution >= 0.6 is 0 Å². The van der Waals surface area contributed by atoms with Crippen LogP contribution in [0.3, 0.4) is 0 Å². The molecule has 1 fully saturated rings. The highest BCUT2D eigenvalue weighted by Gasteiger charge is 2.55. The van der Waals surface area contributed by atoms with E-state index in [0.29, 0.717) is 24.0 Å². The van der Waals surface area contributed by atoms with Crippen LogP contribution in [0.25, 0.3) is 0 Å². The third kappa shape index (κ3) is 4.18. The first-order chi connectivity index (χ1) is 16.2. The van der Waals surface area contributed by atoms with Gasteiger partial charge in [0.15, 0.2) is 9.84 Å². The van der Waals surface area contributed by atoms with Gasteiger partial charge in [0.05, 0.1) is 22.4 Å². The first-order valence-electron chi connectivity index (χ1n) is 10.6. The molecule has 1 aliphatic heterocycles. The lowest BCUT2D eigenvalue weighted by Gasteiger charge is -2.32. The number of benzene rings is 1. The second-order valence-corrected chi connectivity index (χ2v) is 10.8. The van der Waals surface area contributed by atoms with E-state index < -0.39 is 37.7 Å². The summed E-state index contributed by atoms with van der Waals surface area (Å²) in [5, 5.41) is 20.4. The molecular weight excluding hydrogens is 458 g/mol. The van der Waals surface area contributed by atoms with Gasteiger partial charge in [0.1, 0.15) is 17.0 Å². The summed E-state index contributed by atoms with van der Waals surface area (Å²) in [6.45, 7) is 0.358. The van der Waals surface area contributed by atoms with E-state index in [9.17, 15) is 22.8 Å². The molecule has 11 heteroatoms. The second-order valence-electron chi connectivity index (χ2n) is 8.41. The zero-order valence-electron chi connectivity index (χ0n) is 18.2. The summed E-state index contributed by atoms with van der Waals surface area (Å²) in [5.74, 6) is -1.68. The number of aromatic nitrogens is 1. The Kier molecular flexibility index (Phi) is 5.98. The normalized spacial score (nSPS) is 16.2. The van der Waals surface area contributed by atoms with Gasteiger partial charge in [0, 0.05) is 26.2 Å². The molecule has 1 N–H and O–H groups in total. The van der Waals surface area contributed by atoms with Crippen molar-refractivity contribution < 1.29 is 18.0 Å². The number of hydrogen-bond acceptors (Lipinski definition) is 7. The van der Waals surface area contributed by atoms with E-state index in [2.05, 4.69) is 5.32 Å². The van der Waals surface area contributed by atoms with E-state index >= 15 is 0 Å². The van der Waals surface area contributed by atoms with Gasteiger partial charge in [-0.05, 0) is 42.7 Å². The summed E-state index contributed by atoms with van der Waals surface area (Å²) < 4.78 is 25.0. The molecule has 174 valence electrons. The van der Waals surface area contributed by atoms with Crippen LogP contribution < -0.4 is 10.9 Å². The Balaban J connectivity index is 1.49. The zero-order valence-corrected chi connectivity index (χ0v) is 19.0. The van der Waals surface area contributed by atoms with Crippen molar-refractivity contribution in [2.45, 2.75) is 30.7 Å². The molecule has 10 nitrogen and oxygen atoms in total. The molecule has 0 spiro atoms. The molecule has 1 aromatic carbocycles. The highest BCUT2D eigenvalue weighted by atomic mass is 32.2. The number of fused-ring (bicyclic) bond motifs is 1. The lowest BCUT2D eigenvalue weighted by molar-refractivity contribution is 0.0695. The number of nitriles is 2. The van der Waals surface area contributed by atoms with Crippen molar-refractivity contribution in [1.82, 2.24) is 14.8 Å². The maximum absolute atomic E-state index is 13.0. The molecule has 2 amide bonds. The maximum Gasteiger partial charge on any atom is 0.270 e. The summed E-state index contributed by atoms with van der Waals surface area (Å²) >= 11 is 0. The minimum Gasteiger partial charge on any atom is -0.348 e. The SMILES string of the molecule is N#CCS(=O)(=O)C1(CN2CCn3c(ccc(C(=O)NCc4cccc(C#N)c4)c3=O)C2=O)CC1. The summed E-state index contributed by atoms with van der Waals surface area (Å²) in [6, 6.07) is 13.1. The van der Waals surface area contributed by atoms with E-state index in [4.69, 9.17) is 10.5 Å². The van der Waals surface area contributed by atoms with Gasteiger partial charge < -0.3 is 14.8 Å². The van der Waals surface area contributed by atoms with Crippen molar-refractivity contribution in [3.8, 4) is 12.1 Å². The molecular formula is C23H21N5O5S. The van der Waals surface area contributed by atoms with Crippen LogP contribution in [0, 0.1) is 22.7 Å². The van der Waals surface area contributed by atoms with Crippen LogP contribution in [-0.4, -0.2) is 53.3 Å². The smallest absolute Gasteiger partial charge is 0.270 e. The van der Waals surface area contributed by atoms with E-state index in [1.807, 2.05) is 6.07 Å². The number of nitrogens with zero attached hydrogens (tertiary/aromatic N) is 4. The summed E-state index contributed by atoms with van der Waals surface area (Å²) in [7, 11) is -3.65. The molecule has 1 aromatic heterocycles. The second kappa shape index (κ2) is 8.76. The molecule has 0 saturated heterocycles. The molecule has 0 atom stereocenters. The van der Waals surface area contributed by atoms with Crippen LogP contribution in [0.2, 0.25) is 0 Å². The van der Waals surface area contributed by atoms with Crippen LogP contribution in [-0.2, 0) is 22.9 Å². The van der Waals surface area contributed by atoms with Crippen molar-refractivity contribution in [1.29, 1.82) is 10.5 Å². The molecule has 1 saturated carbocycles. The number of hydrogen-bond donors (Lipinski definition) is 1. The van der Waals surface area contributed by atoms with Crippen molar-refractivity contribution in [2.24, 2.45) is 0 Å². The van der Waals surface area contributed by atoms with Crippen molar-refractivity contribution >= 4 is 21.7 Å². The van der Waals surface area contributed by atoms with Gasteiger partial charge in [-0.15, -0.1) is 0 Å². The number of rotatable bonds is 7. The van der Waals surface area contributed by atoms with E-state index in [1.54, 1.807) is 30.3 Å². The van der Waals surface area contributed by atoms with E-state index in [-0.39, 0.29) is 37.4 Å². The fraction of sp³-hybridized carbons (Fsp3) is 0.348. The fourth-order valence-electron chi connectivity index (χ4n) is 4.12. The monoisotopic (exact) mass is 479 g/mol.